The minimum Gasteiger partial charge on any atom is -0.504 e. The van der Waals surface area contributed by atoms with E-state index in [2.05, 4.69) is 17.4 Å². The molecule has 2 N–H and O–H groups in total. The minimum absolute atomic E-state index is 0.0328. The van der Waals surface area contributed by atoms with Crippen molar-refractivity contribution in [1.82, 2.24) is 15.5 Å². The Hall–Kier alpha value is -4.59. The summed E-state index contributed by atoms with van der Waals surface area (Å²) in [7, 11) is 1.49. The highest BCUT2D eigenvalue weighted by Gasteiger charge is 2.37. The summed E-state index contributed by atoms with van der Waals surface area (Å²) in [5.74, 6) is 1.04. The normalized spacial score (nSPS) is 15.6. The summed E-state index contributed by atoms with van der Waals surface area (Å²) in [6, 6.07) is 19.8. The molecule has 0 radical (unpaired) electrons. The molecule has 0 fully saturated rings. The number of phenolic OH excluding ortho intramolecular Hbond substituents is 1. The van der Waals surface area contributed by atoms with Crippen LogP contribution in [0.2, 0.25) is 0 Å². The lowest BCUT2D eigenvalue weighted by Gasteiger charge is -2.35. The molecule has 8 nitrogen and oxygen atoms in total. The molecule has 0 saturated carbocycles. The Bertz CT molecular complexity index is 1490. The number of aromatic nitrogens is 2. The number of hydrogen-bond donors (Lipinski definition) is 2. The maximum atomic E-state index is 13.4. The standard InChI is InChI=1S/C29H28N4O4/c1-5-19-9-11-20(12-10-19)27-31-28(37-32-27)25-18(3)33(22-8-6-7-17(2)15-22)29(35)30-26(25)21-13-14-24(36-4)23(34)16-21/h6-16,26,34H,5H2,1-4H3,(H,30,35). The number of allylic oxidation sites excluding steroid dienone is 1. The number of hydrogen-bond acceptors (Lipinski definition) is 6. The van der Waals surface area contributed by atoms with Crippen molar-refractivity contribution in [2.24, 2.45) is 0 Å². The van der Waals surface area contributed by atoms with Crippen LogP contribution in [-0.2, 0) is 6.42 Å². The van der Waals surface area contributed by atoms with Crippen molar-refractivity contribution in [3.63, 3.8) is 0 Å². The van der Waals surface area contributed by atoms with Crippen LogP contribution in [0.15, 0.2) is 77.0 Å². The Morgan fingerprint density at radius 2 is 1.86 bits per heavy atom. The summed E-state index contributed by atoms with van der Waals surface area (Å²) in [5.41, 5.74) is 5.72. The number of carbonyl (C=O) groups excluding carboxylic acids is 1. The first-order valence-corrected chi connectivity index (χ1v) is 12.1. The number of aromatic hydroxyl groups is 1. The van der Waals surface area contributed by atoms with E-state index in [9.17, 15) is 9.90 Å². The van der Waals surface area contributed by atoms with Crippen molar-refractivity contribution in [1.29, 1.82) is 0 Å². The van der Waals surface area contributed by atoms with Crippen LogP contribution in [0, 0.1) is 6.92 Å². The molecule has 0 spiro atoms. The van der Waals surface area contributed by atoms with Crippen molar-refractivity contribution < 1.29 is 19.2 Å². The lowest BCUT2D eigenvalue weighted by atomic mass is 9.94. The number of aryl methyl sites for hydroxylation is 2. The molecule has 1 aromatic heterocycles. The number of methoxy groups -OCH3 is 1. The van der Waals surface area contributed by atoms with Crippen LogP contribution < -0.4 is 15.0 Å². The highest BCUT2D eigenvalue weighted by Crippen LogP contribution is 2.41. The molecular weight excluding hydrogens is 468 g/mol. The highest BCUT2D eigenvalue weighted by atomic mass is 16.5. The molecule has 0 bridgehead atoms. The molecule has 1 aliphatic heterocycles. The van der Waals surface area contributed by atoms with Crippen LogP contribution in [0.4, 0.5) is 10.5 Å². The zero-order chi connectivity index (χ0) is 26.1. The lowest BCUT2D eigenvalue weighted by Crippen LogP contribution is -2.46. The number of nitrogens with zero attached hydrogens (tertiary/aromatic N) is 3. The van der Waals surface area contributed by atoms with E-state index in [1.807, 2.05) is 62.4 Å². The number of urea groups is 1. The molecule has 188 valence electrons. The van der Waals surface area contributed by atoms with Crippen LogP contribution in [0.3, 0.4) is 0 Å². The van der Waals surface area contributed by atoms with Crippen LogP contribution >= 0.6 is 0 Å². The van der Waals surface area contributed by atoms with Crippen molar-refractivity contribution in [2.45, 2.75) is 33.2 Å². The van der Waals surface area contributed by atoms with Gasteiger partial charge in [-0.25, -0.2) is 4.79 Å². The molecule has 8 heteroatoms. The Balaban J connectivity index is 1.64. The average molecular weight is 497 g/mol. The number of nitrogens with one attached hydrogen (secondary N) is 1. The zero-order valence-electron chi connectivity index (χ0n) is 21.1. The maximum Gasteiger partial charge on any atom is 0.326 e. The number of benzene rings is 3. The second kappa shape index (κ2) is 9.81. The molecule has 4 aromatic rings. The number of anilines is 1. The number of phenols is 1. The molecule has 2 amide bonds. The summed E-state index contributed by atoms with van der Waals surface area (Å²) in [4.78, 5) is 19.7. The van der Waals surface area contributed by atoms with Gasteiger partial charge >= 0.3 is 6.03 Å². The van der Waals surface area contributed by atoms with E-state index in [-0.39, 0.29) is 17.7 Å². The average Bonchev–Trinajstić information content (AvgIpc) is 3.38. The molecule has 0 saturated heterocycles. The highest BCUT2D eigenvalue weighted by molar-refractivity contribution is 6.01. The number of rotatable bonds is 6. The third kappa shape index (κ3) is 4.53. The molecule has 3 aromatic carbocycles. The number of amides is 2. The predicted molar refractivity (Wildman–Crippen MR) is 141 cm³/mol. The molecule has 37 heavy (non-hydrogen) atoms. The Kier molecular flexibility index (Phi) is 6.40. The Morgan fingerprint density at radius 3 is 2.54 bits per heavy atom. The van der Waals surface area contributed by atoms with E-state index >= 15 is 0 Å². The molecule has 1 atom stereocenters. The quantitative estimate of drug-likeness (QED) is 0.338. The van der Waals surface area contributed by atoms with E-state index in [1.54, 1.807) is 23.1 Å². The first-order chi connectivity index (χ1) is 17.9. The zero-order valence-corrected chi connectivity index (χ0v) is 21.1. The summed E-state index contributed by atoms with van der Waals surface area (Å²) >= 11 is 0. The van der Waals surface area contributed by atoms with Gasteiger partial charge in [0.05, 0.1) is 24.4 Å². The topological polar surface area (TPSA) is 101 Å². The fourth-order valence-electron chi connectivity index (χ4n) is 4.57. The molecule has 1 unspecified atom stereocenters. The van der Waals surface area contributed by atoms with Gasteiger partial charge in [0.2, 0.25) is 5.82 Å². The maximum absolute atomic E-state index is 13.4. The number of carbonyl (C=O) groups is 1. The Morgan fingerprint density at radius 1 is 1.08 bits per heavy atom. The smallest absolute Gasteiger partial charge is 0.326 e. The minimum atomic E-state index is -0.638. The summed E-state index contributed by atoms with van der Waals surface area (Å²) in [5, 5.41) is 17.7. The third-order valence-electron chi connectivity index (χ3n) is 6.56. The van der Waals surface area contributed by atoms with Crippen molar-refractivity contribution in [2.75, 3.05) is 12.0 Å². The van der Waals surface area contributed by atoms with Gasteiger partial charge in [-0.05, 0) is 61.2 Å². The SMILES string of the molecule is CCc1ccc(-c2noc(C3=C(C)N(c4cccc(C)c4)C(=O)NC3c3ccc(OC)c(O)c3)n2)cc1. The molecule has 2 heterocycles. The third-order valence-corrected chi connectivity index (χ3v) is 6.56. The molecular formula is C29H28N4O4. The van der Waals surface area contributed by atoms with Gasteiger partial charge in [0.15, 0.2) is 11.5 Å². The van der Waals surface area contributed by atoms with E-state index in [0.29, 0.717) is 28.4 Å². The van der Waals surface area contributed by atoms with Gasteiger partial charge in [0, 0.05) is 11.3 Å². The van der Waals surface area contributed by atoms with Gasteiger partial charge in [0.25, 0.3) is 5.89 Å². The fraction of sp³-hybridized carbons (Fsp3) is 0.207. The van der Waals surface area contributed by atoms with Crippen LogP contribution in [0.5, 0.6) is 11.5 Å². The summed E-state index contributed by atoms with van der Waals surface area (Å²) < 4.78 is 11.0. The van der Waals surface area contributed by atoms with Gasteiger partial charge in [-0.3, -0.25) is 4.90 Å². The van der Waals surface area contributed by atoms with Crippen molar-refractivity contribution >= 4 is 17.3 Å². The second-order valence-electron chi connectivity index (χ2n) is 8.96. The van der Waals surface area contributed by atoms with Gasteiger partial charge in [-0.1, -0.05) is 54.5 Å². The van der Waals surface area contributed by atoms with Crippen LogP contribution in [0.25, 0.3) is 17.0 Å². The molecule has 1 aliphatic rings. The summed E-state index contributed by atoms with van der Waals surface area (Å²) in [6.07, 6.45) is 0.939. The van der Waals surface area contributed by atoms with Crippen LogP contribution in [-0.4, -0.2) is 28.4 Å². The van der Waals surface area contributed by atoms with Crippen LogP contribution in [0.1, 0.15) is 42.5 Å². The first kappa shape index (κ1) is 24.1. The number of ether oxygens (including phenoxy) is 1. The monoisotopic (exact) mass is 496 g/mol. The fourth-order valence-corrected chi connectivity index (χ4v) is 4.57. The molecule has 0 aliphatic carbocycles. The predicted octanol–water partition coefficient (Wildman–Crippen LogP) is 6.02. The van der Waals surface area contributed by atoms with E-state index in [1.165, 1.54) is 12.7 Å². The van der Waals surface area contributed by atoms with Crippen molar-refractivity contribution in [3.8, 4) is 22.9 Å². The van der Waals surface area contributed by atoms with Gasteiger partial charge in [-0.2, -0.15) is 4.98 Å². The first-order valence-electron chi connectivity index (χ1n) is 12.1. The van der Waals surface area contributed by atoms with E-state index in [4.69, 9.17) is 14.2 Å². The molecule has 5 rings (SSSR count). The second-order valence-corrected chi connectivity index (χ2v) is 8.96. The summed E-state index contributed by atoms with van der Waals surface area (Å²) in [6.45, 7) is 5.93. The van der Waals surface area contributed by atoms with Crippen molar-refractivity contribution in [3.05, 3.63) is 95.0 Å². The van der Waals surface area contributed by atoms with Gasteiger partial charge < -0.3 is 19.7 Å². The van der Waals surface area contributed by atoms with Gasteiger partial charge in [-0.15, -0.1) is 0 Å². The van der Waals surface area contributed by atoms with E-state index < -0.39 is 6.04 Å². The largest absolute Gasteiger partial charge is 0.504 e. The van der Waals surface area contributed by atoms with Gasteiger partial charge in [0.1, 0.15) is 0 Å². The Labute approximate surface area is 215 Å². The lowest BCUT2D eigenvalue weighted by molar-refractivity contribution is 0.244. The van der Waals surface area contributed by atoms with E-state index in [0.717, 1.165) is 23.2 Å².